The number of rotatable bonds is 5. The van der Waals surface area contributed by atoms with Crippen molar-refractivity contribution in [2.75, 3.05) is 19.7 Å². The summed E-state index contributed by atoms with van der Waals surface area (Å²) in [6.07, 6.45) is 7.28. The van der Waals surface area contributed by atoms with Crippen LogP contribution in [0.2, 0.25) is 0 Å². The number of nitrogens with one attached hydrogen (secondary N) is 2. The second-order valence-electron chi connectivity index (χ2n) is 4.70. The van der Waals surface area contributed by atoms with Crippen molar-refractivity contribution in [2.45, 2.75) is 38.8 Å². The lowest BCUT2D eigenvalue weighted by Gasteiger charge is -2.23. The number of guanidine groups is 1. The van der Waals surface area contributed by atoms with Crippen molar-refractivity contribution in [2.24, 2.45) is 4.99 Å². The number of hydrogen-bond acceptors (Lipinski definition) is 3. The number of hydrogen-bond donors (Lipinski definition) is 2. The Bertz CT molecular complexity index is 376. The molecule has 1 unspecified atom stereocenters. The second kappa shape index (κ2) is 10.0. The highest BCUT2D eigenvalue weighted by Crippen LogP contribution is 2.11. The molecule has 0 aromatic carbocycles. The second-order valence-corrected chi connectivity index (χ2v) is 4.70. The summed E-state index contributed by atoms with van der Waals surface area (Å²) in [5.74, 6) is 0.831. The standard InChI is InChI=1S/C14H23N3O2.HI/c1-2-15-14(16-9-12-6-8-18-11-12)17-10-13-5-3-4-7-19-13;/h6,8,11,13H,2-5,7,9-10H2,1H3,(H2,15,16,17);1H. The molecule has 2 rings (SSSR count). The number of aliphatic imine (C=N–C) groups is 1. The summed E-state index contributed by atoms with van der Waals surface area (Å²) in [4.78, 5) is 4.52. The maximum absolute atomic E-state index is 5.70. The summed E-state index contributed by atoms with van der Waals surface area (Å²) in [5.41, 5.74) is 1.08. The van der Waals surface area contributed by atoms with Crippen molar-refractivity contribution in [3.05, 3.63) is 24.2 Å². The molecule has 1 aromatic heterocycles. The maximum Gasteiger partial charge on any atom is 0.191 e. The van der Waals surface area contributed by atoms with Crippen LogP contribution in [0.5, 0.6) is 0 Å². The average Bonchev–Trinajstić information content (AvgIpc) is 2.96. The number of nitrogens with zero attached hydrogens (tertiary/aromatic N) is 1. The number of furan rings is 1. The van der Waals surface area contributed by atoms with Gasteiger partial charge in [0.15, 0.2) is 5.96 Å². The van der Waals surface area contributed by atoms with E-state index in [0.29, 0.717) is 12.6 Å². The first-order chi connectivity index (χ1) is 9.38. The zero-order valence-electron chi connectivity index (χ0n) is 11.9. The fraction of sp³-hybridized carbons (Fsp3) is 0.643. The van der Waals surface area contributed by atoms with Gasteiger partial charge in [-0.15, -0.1) is 24.0 Å². The Morgan fingerprint density at radius 2 is 2.30 bits per heavy atom. The summed E-state index contributed by atoms with van der Waals surface area (Å²) < 4.78 is 10.7. The molecule has 2 N–H and O–H groups in total. The van der Waals surface area contributed by atoms with Crippen molar-refractivity contribution in [1.29, 1.82) is 0 Å². The molecule has 0 amide bonds. The van der Waals surface area contributed by atoms with Crippen molar-refractivity contribution >= 4 is 29.9 Å². The van der Waals surface area contributed by atoms with E-state index in [0.717, 1.165) is 37.6 Å². The van der Waals surface area contributed by atoms with Gasteiger partial charge in [-0.2, -0.15) is 0 Å². The minimum Gasteiger partial charge on any atom is -0.472 e. The monoisotopic (exact) mass is 393 g/mol. The predicted octanol–water partition coefficient (Wildman–Crippen LogP) is 2.52. The van der Waals surface area contributed by atoms with Crippen LogP contribution in [0.1, 0.15) is 31.7 Å². The van der Waals surface area contributed by atoms with Crippen LogP contribution >= 0.6 is 24.0 Å². The third kappa shape index (κ3) is 6.13. The van der Waals surface area contributed by atoms with E-state index in [1.165, 1.54) is 12.8 Å². The Labute approximate surface area is 137 Å². The van der Waals surface area contributed by atoms with Crippen LogP contribution in [0.3, 0.4) is 0 Å². The minimum atomic E-state index is 0. The van der Waals surface area contributed by atoms with Gasteiger partial charge in [-0.1, -0.05) is 0 Å². The van der Waals surface area contributed by atoms with Gasteiger partial charge in [0.1, 0.15) is 0 Å². The maximum atomic E-state index is 5.70. The molecule has 20 heavy (non-hydrogen) atoms. The molecule has 1 aliphatic heterocycles. The molecule has 0 spiro atoms. The molecular formula is C14H24IN3O2. The number of halogens is 1. The van der Waals surface area contributed by atoms with Crippen LogP contribution in [0.25, 0.3) is 0 Å². The van der Waals surface area contributed by atoms with Crippen LogP contribution in [-0.2, 0) is 11.3 Å². The normalized spacial score (nSPS) is 19.2. The van der Waals surface area contributed by atoms with Gasteiger partial charge in [-0.3, -0.25) is 0 Å². The van der Waals surface area contributed by atoms with Crippen LogP contribution in [0.4, 0.5) is 0 Å². The lowest BCUT2D eigenvalue weighted by molar-refractivity contribution is 0.0194. The van der Waals surface area contributed by atoms with Gasteiger partial charge >= 0.3 is 0 Å². The van der Waals surface area contributed by atoms with Gasteiger partial charge in [0.05, 0.1) is 25.2 Å². The van der Waals surface area contributed by atoms with Gasteiger partial charge in [-0.05, 0) is 32.3 Å². The Morgan fingerprint density at radius 3 is 2.95 bits per heavy atom. The zero-order chi connectivity index (χ0) is 13.3. The third-order valence-corrected chi connectivity index (χ3v) is 3.12. The van der Waals surface area contributed by atoms with E-state index in [1.807, 2.05) is 6.07 Å². The Morgan fingerprint density at radius 1 is 1.40 bits per heavy atom. The molecule has 1 fully saturated rings. The summed E-state index contributed by atoms with van der Waals surface area (Å²) in [5, 5.41) is 6.57. The molecule has 6 heteroatoms. The lowest BCUT2D eigenvalue weighted by atomic mass is 10.1. The van der Waals surface area contributed by atoms with E-state index in [-0.39, 0.29) is 24.0 Å². The Kier molecular flexibility index (Phi) is 8.68. The molecule has 114 valence electrons. The first-order valence-electron chi connectivity index (χ1n) is 7.03. The quantitative estimate of drug-likeness (QED) is 0.459. The highest BCUT2D eigenvalue weighted by molar-refractivity contribution is 14.0. The predicted molar refractivity (Wildman–Crippen MR) is 90.5 cm³/mol. The van der Waals surface area contributed by atoms with E-state index in [1.54, 1.807) is 12.5 Å². The van der Waals surface area contributed by atoms with Crippen LogP contribution in [0, 0.1) is 0 Å². The lowest BCUT2D eigenvalue weighted by Crippen LogP contribution is -2.42. The molecule has 0 bridgehead atoms. The molecule has 1 aromatic rings. The first-order valence-corrected chi connectivity index (χ1v) is 7.03. The van der Waals surface area contributed by atoms with Crippen LogP contribution in [-0.4, -0.2) is 31.8 Å². The Balaban J connectivity index is 0.00000200. The summed E-state index contributed by atoms with van der Waals surface area (Å²) in [7, 11) is 0. The summed E-state index contributed by atoms with van der Waals surface area (Å²) in [6, 6.07) is 1.93. The van der Waals surface area contributed by atoms with Gasteiger partial charge < -0.3 is 19.8 Å². The van der Waals surface area contributed by atoms with Crippen LogP contribution < -0.4 is 10.6 Å². The van der Waals surface area contributed by atoms with Gasteiger partial charge in [0.25, 0.3) is 0 Å². The third-order valence-electron chi connectivity index (χ3n) is 3.12. The largest absolute Gasteiger partial charge is 0.472 e. The molecule has 0 saturated carbocycles. The molecule has 2 heterocycles. The summed E-state index contributed by atoms with van der Waals surface area (Å²) in [6.45, 7) is 5.23. The molecule has 0 aliphatic carbocycles. The highest BCUT2D eigenvalue weighted by atomic mass is 127. The van der Waals surface area contributed by atoms with E-state index < -0.39 is 0 Å². The fourth-order valence-electron chi connectivity index (χ4n) is 2.07. The minimum absolute atomic E-state index is 0. The molecule has 1 atom stereocenters. The smallest absolute Gasteiger partial charge is 0.191 e. The van der Waals surface area contributed by atoms with E-state index in [2.05, 4.69) is 22.5 Å². The zero-order valence-corrected chi connectivity index (χ0v) is 14.3. The molecule has 0 radical (unpaired) electrons. The van der Waals surface area contributed by atoms with Crippen LogP contribution in [0.15, 0.2) is 28.0 Å². The van der Waals surface area contributed by atoms with E-state index in [9.17, 15) is 0 Å². The Hall–Kier alpha value is -0.760. The van der Waals surface area contributed by atoms with Crippen molar-refractivity contribution in [1.82, 2.24) is 10.6 Å². The molecule has 5 nitrogen and oxygen atoms in total. The topological polar surface area (TPSA) is 58.8 Å². The average molecular weight is 393 g/mol. The SMILES string of the molecule is CCNC(=NCc1ccoc1)NCC1CCCCO1.I. The fourth-order valence-corrected chi connectivity index (χ4v) is 2.07. The summed E-state index contributed by atoms with van der Waals surface area (Å²) >= 11 is 0. The van der Waals surface area contributed by atoms with Crippen molar-refractivity contribution in [3.8, 4) is 0 Å². The highest BCUT2D eigenvalue weighted by Gasteiger charge is 2.13. The molecular weight excluding hydrogens is 369 g/mol. The van der Waals surface area contributed by atoms with Gasteiger partial charge in [0.2, 0.25) is 0 Å². The van der Waals surface area contributed by atoms with E-state index in [4.69, 9.17) is 9.15 Å². The van der Waals surface area contributed by atoms with Crippen molar-refractivity contribution in [3.63, 3.8) is 0 Å². The molecule has 1 aliphatic rings. The van der Waals surface area contributed by atoms with Gasteiger partial charge in [-0.25, -0.2) is 4.99 Å². The first kappa shape index (κ1) is 17.3. The van der Waals surface area contributed by atoms with E-state index >= 15 is 0 Å². The molecule has 1 saturated heterocycles. The van der Waals surface area contributed by atoms with Crippen molar-refractivity contribution < 1.29 is 9.15 Å². The number of ether oxygens (including phenoxy) is 1. The van der Waals surface area contributed by atoms with Gasteiger partial charge in [0, 0.05) is 25.3 Å².